The highest BCUT2D eigenvalue weighted by Crippen LogP contribution is 2.64. The van der Waals surface area contributed by atoms with E-state index in [0.717, 1.165) is 25.7 Å². The summed E-state index contributed by atoms with van der Waals surface area (Å²) in [5.74, 6) is -56.4. The Bertz CT molecular complexity index is 1030. The summed E-state index contributed by atoms with van der Waals surface area (Å²) in [7, 11) is 2.29. The van der Waals surface area contributed by atoms with Crippen LogP contribution in [0.3, 0.4) is 0 Å². The number of hydrogen-bond acceptors (Lipinski definition) is 6. The molecule has 0 atom stereocenters. The molecule has 6 nitrogen and oxygen atoms in total. The normalized spacial score (nSPS) is 15.1. The topological polar surface area (TPSA) is 55.4 Å². The lowest BCUT2D eigenvalue weighted by molar-refractivity contribution is -0.462. The fourth-order valence-electron chi connectivity index (χ4n) is 4.87. The lowest BCUT2D eigenvalue weighted by atomic mass is 9.88. The van der Waals surface area contributed by atoms with Gasteiger partial charge in [0.05, 0.1) is 6.61 Å². The Labute approximate surface area is 291 Å². The van der Waals surface area contributed by atoms with E-state index in [9.17, 15) is 74.6 Å². The third kappa shape index (κ3) is 10.9. The Hall–Kier alpha value is -0.996. The molecule has 52 heavy (non-hydrogen) atoms. The number of ether oxygens (including phenoxy) is 1. The van der Waals surface area contributed by atoms with Crippen molar-refractivity contribution < 1.29 is 102 Å². The number of halogens is 17. The highest BCUT2D eigenvalue weighted by Gasteiger charge is 2.95. The fourth-order valence-corrected chi connectivity index (χ4v) is 9.48. The first kappa shape index (κ1) is 51.0. The molecular formula is C27H43F17O6Si2. The van der Waals surface area contributed by atoms with E-state index >= 15 is 0 Å². The molecule has 0 aromatic carbocycles. The second-order valence-electron chi connectivity index (χ2n) is 11.7. The Morgan fingerprint density at radius 2 is 0.712 bits per heavy atom. The second kappa shape index (κ2) is 19.2. The van der Waals surface area contributed by atoms with Gasteiger partial charge in [0.1, 0.15) is 0 Å². The van der Waals surface area contributed by atoms with Gasteiger partial charge in [0, 0.05) is 54.6 Å². The van der Waals surface area contributed by atoms with Crippen molar-refractivity contribution in [3.63, 3.8) is 0 Å². The van der Waals surface area contributed by atoms with Crippen LogP contribution >= 0.6 is 0 Å². The van der Waals surface area contributed by atoms with E-state index in [1.807, 2.05) is 0 Å². The molecule has 0 aliphatic carbocycles. The van der Waals surface area contributed by atoms with E-state index in [1.165, 1.54) is 35.5 Å². The molecule has 0 bridgehead atoms. The average molecular weight is 843 g/mol. The van der Waals surface area contributed by atoms with Crippen molar-refractivity contribution in [2.24, 2.45) is 0 Å². The second-order valence-corrected chi connectivity index (χ2v) is 18.4. The van der Waals surface area contributed by atoms with E-state index in [1.54, 1.807) is 0 Å². The molecule has 0 spiro atoms. The van der Waals surface area contributed by atoms with Crippen LogP contribution in [0.1, 0.15) is 57.8 Å². The summed E-state index contributed by atoms with van der Waals surface area (Å²) in [6.45, 7) is -2.08. The highest BCUT2D eigenvalue weighted by molar-refractivity contribution is 6.67. The maximum absolute atomic E-state index is 14.0. The Balaban J connectivity index is 5.01. The first-order valence-electron chi connectivity index (χ1n) is 15.5. The third-order valence-corrected chi connectivity index (χ3v) is 15.0. The van der Waals surface area contributed by atoms with E-state index < -0.39 is 84.6 Å². The monoisotopic (exact) mass is 842 g/mol. The number of hydrogen-bond donors (Lipinski definition) is 0. The highest BCUT2D eigenvalue weighted by atomic mass is 28.4. The molecule has 0 aliphatic heterocycles. The molecule has 0 saturated carbocycles. The van der Waals surface area contributed by atoms with Crippen molar-refractivity contribution >= 4 is 17.4 Å². The zero-order valence-electron chi connectivity index (χ0n) is 28.8. The lowest BCUT2D eigenvalue weighted by Gasteiger charge is -2.42. The van der Waals surface area contributed by atoms with E-state index in [-0.39, 0.29) is 6.42 Å². The minimum Gasteiger partial charge on any atom is -0.398 e. The van der Waals surface area contributed by atoms with Gasteiger partial charge in [-0.3, -0.25) is 0 Å². The van der Waals surface area contributed by atoms with Gasteiger partial charge in [0.15, 0.2) is 0 Å². The van der Waals surface area contributed by atoms with Gasteiger partial charge in [0.25, 0.3) is 0 Å². The summed E-state index contributed by atoms with van der Waals surface area (Å²) in [6.07, 6.45) is -5.62. The smallest absolute Gasteiger partial charge is 0.398 e. The lowest BCUT2D eigenvalue weighted by Crippen LogP contribution is -2.74. The van der Waals surface area contributed by atoms with Gasteiger partial charge in [-0.1, -0.05) is 38.5 Å². The van der Waals surface area contributed by atoms with Crippen LogP contribution in [-0.4, -0.2) is 114 Å². The SMILES string of the molecule is CO[Si](CCCCCCOCCC(F)(F)C(F)(F)C(F)(F)C(F)(F)C(F)(F)C(F)(F)C(F)(F)C(F)(F)F)(CCCCCC[Si](OC)(OC)OC)OC. The van der Waals surface area contributed by atoms with Crippen molar-refractivity contribution in [1.82, 2.24) is 0 Å². The molecule has 25 heteroatoms. The largest absolute Gasteiger partial charge is 0.500 e. The molecule has 0 radical (unpaired) electrons. The predicted molar refractivity (Wildman–Crippen MR) is 154 cm³/mol. The molecular weight excluding hydrogens is 799 g/mol. The summed E-state index contributed by atoms with van der Waals surface area (Å²) in [4.78, 5) is 0. The summed E-state index contributed by atoms with van der Waals surface area (Å²) in [5, 5.41) is 0. The van der Waals surface area contributed by atoms with Crippen molar-refractivity contribution in [2.45, 2.75) is 124 Å². The van der Waals surface area contributed by atoms with Crippen molar-refractivity contribution in [3.8, 4) is 0 Å². The average Bonchev–Trinajstić information content (AvgIpc) is 3.05. The quantitative estimate of drug-likeness (QED) is 0.0445. The zero-order valence-corrected chi connectivity index (χ0v) is 30.8. The van der Waals surface area contributed by atoms with Crippen molar-refractivity contribution in [2.75, 3.05) is 48.8 Å². The molecule has 0 rings (SSSR count). The predicted octanol–water partition coefficient (Wildman–Crippen LogP) is 10.1. The number of rotatable bonds is 28. The molecule has 0 aliphatic rings. The van der Waals surface area contributed by atoms with Gasteiger partial charge < -0.3 is 26.9 Å². The minimum absolute atomic E-state index is 0.0642. The Morgan fingerprint density at radius 1 is 0.365 bits per heavy atom. The van der Waals surface area contributed by atoms with Gasteiger partial charge in [-0.2, -0.15) is 74.6 Å². The van der Waals surface area contributed by atoms with Crippen LogP contribution in [0.2, 0.25) is 18.1 Å². The molecule has 0 N–H and O–H groups in total. The van der Waals surface area contributed by atoms with Crippen molar-refractivity contribution in [3.05, 3.63) is 0 Å². The summed E-state index contributed by atoms with van der Waals surface area (Å²) >= 11 is 0. The van der Waals surface area contributed by atoms with Crippen LogP contribution in [0.25, 0.3) is 0 Å². The maximum Gasteiger partial charge on any atom is 0.500 e. The number of alkyl halides is 17. The maximum atomic E-state index is 14.0. The number of unbranched alkanes of at least 4 members (excludes halogenated alkanes) is 6. The molecule has 0 amide bonds. The van der Waals surface area contributed by atoms with Crippen LogP contribution in [0.5, 0.6) is 0 Å². The Kier molecular flexibility index (Phi) is 18.9. The van der Waals surface area contributed by atoms with Gasteiger partial charge >= 0.3 is 65.0 Å². The molecule has 0 fully saturated rings. The third-order valence-electron chi connectivity index (χ3n) is 8.41. The van der Waals surface area contributed by atoms with Crippen LogP contribution in [0, 0.1) is 0 Å². The molecule has 0 unspecified atom stereocenters. The van der Waals surface area contributed by atoms with Crippen LogP contribution in [0.4, 0.5) is 74.6 Å². The van der Waals surface area contributed by atoms with Crippen LogP contribution in [0.15, 0.2) is 0 Å². The minimum atomic E-state index is -8.64. The standard InChI is InChI=1S/C27H43F17O6Si2/c1-45-51(46-2,18-12-8-9-13-19-52(47-3,48-4)49-5)17-11-7-6-10-15-50-16-14-20(28,29)21(30,31)22(32,33)23(34,35)24(36,37)25(38,39)26(40,41)27(42,43)44/h6-19H2,1-5H3. The van der Waals surface area contributed by atoms with E-state index in [4.69, 9.17) is 22.1 Å². The summed E-state index contributed by atoms with van der Waals surface area (Å²) < 4.78 is 259. The molecule has 314 valence electrons. The first-order chi connectivity index (χ1) is 23.5. The molecule has 0 saturated heterocycles. The van der Waals surface area contributed by atoms with Gasteiger partial charge in [-0.05, 0) is 24.9 Å². The summed E-state index contributed by atoms with van der Waals surface area (Å²) in [6, 6.07) is 1.84. The van der Waals surface area contributed by atoms with Gasteiger partial charge in [-0.15, -0.1) is 0 Å². The summed E-state index contributed by atoms with van der Waals surface area (Å²) in [5.41, 5.74) is 0. The van der Waals surface area contributed by atoms with Crippen LogP contribution < -0.4 is 0 Å². The molecule has 0 aromatic heterocycles. The Morgan fingerprint density at radius 3 is 1.08 bits per heavy atom. The van der Waals surface area contributed by atoms with Crippen LogP contribution in [-0.2, 0) is 26.9 Å². The van der Waals surface area contributed by atoms with Crippen molar-refractivity contribution in [1.29, 1.82) is 0 Å². The van der Waals surface area contributed by atoms with E-state index in [2.05, 4.69) is 4.74 Å². The zero-order chi connectivity index (χ0) is 41.1. The van der Waals surface area contributed by atoms with Gasteiger partial charge in [-0.25, -0.2) is 0 Å². The van der Waals surface area contributed by atoms with E-state index in [0.29, 0.717) is 37.4 Å². The molecule has 0 heterocycles. The fraction of sp³-hybridized carbons (Fsp3) is 1.00. The van der Waals surface area contributed by atoms with Gasteiger partial charge in [0.2, 0.25) is 0 Å². The first-order valence-corrected chi connectivity index (χ1v) is 19.7. The molecule has 0 aromatic rings.